The lowest BCUT2D eigenvalue weighted by atomic mass is 10.2. The third-order valence-corrected chi connectivity index (χ3v) is 2.82. The topological polar surface area (TPSA) is 43.6 Å². The molecular weight excluding hydrogens is 290 g/mol. The highest BCUT2D eigenvalue weighted by Gasteiger charge is 2.06. The molecule has 0 fully saturated rings. The van der Waals surface area contributed by atoms with E-state index in [1.165, 1.54) is 0 Å². The van der Waals surface area contributed by atoms with Gasteiger partial charge in [0.15, 0.2) is 11.5 Å². The lowest BCUT2D eigenvalue weighted by Crippen LogP contribution is -3.00. The summed E-state index contributed by atoms with van der Waals surface area (Å²) in [5.74, 6) is 2.52. The minimum atomic E-state index is 0. The first kappa shape index (κ1) is 17.4. The summed E-state index contributed by atoms with van der Waals surface area (Å²) in [6.45, 7) is 6.67. The molecule has 1 N–H and O–H groups in total. The minimum absolute atomic E-state index is 0. The second-order valence-electron chi connectivity index (χ2n) is 4.33. The molecular formula is C16H21ClNO3-. The molecule has 0 radical (unpaired) electrons. The fourth-order valence-electron chi connectivity index (χ4n) is 1.95. The van der Waals surface area contributed by atoms with Crippen molar-refractivity contribution in [2.24, 2.45) is 0 Å². The van der Waals surface area contributed by atoms with Gasteiger partial charge < -0.3 is 31.6 Å². The molecule has 0 aliphatic rings. The van der Waals surface area contributed by atoms with Crippen LogP contribution in [0.5, 0.6) is 11.5 Å². The van der Waals surface area contributed by atoms with Crippen LogP contribution in [0.2, 0.25) is 0 Å². The van der Waals surface area contributed by atoms with E-state index in [-0.39, 0.29) is 12.4 Å². The van der Waals surface area contributed by atoms with Gasteiger partial charge in [-0.25, -0.2) is 0 Å². The second-order valence-corrected chi connectivity index (χ2v) is 4.33. The van der Waals surface area contributed by atoms with Gasteiger partial charge in [-0.1, -0.05) is 6.07 Å². The second kappa shape index (κ2) is 9.32. The predicted molar refractivity (Wildman–Crippen MR) is 78.0 cm³/mol. The molecule has 0 atom stereocenters. The van der Waals surface area contributed by atoms with Crippen LogP contribution in [0, 0.1) is 0 Å². The van der Waals surface area contributed by atoms with Gasteiger partial charge in [-0.2, -0.15) is 0 Å². The number of ether oxygens (including phenoxy) is 2. The van der Waals surface area contributed by atoms with E-state index in [0.717, 1.165) is 29.4 Å². The van der Waals surface area contributed by atoms with Crippen molar-refractivity contribution in [3.05, 3.63) is 47.9 Å². The number of rotatable bonds is 8. The molecule has 0 unspecified atom stereocenters. The molecule has 2 aromatic rings. The predicted octanol–water partition coefficient (Wildman–Crippen LogP) is 0.371. The van der Waals surface area contributed by atoms with Crippen LogP contribution in [-0.4, -0.2) is 13.2 Å². The Kier molecular flexibility index (Phi) is 7.72. The van der Waals surface area contributed by atoms with Crippen LogP contribution in [0.4, 0.5) is 0 Å². The SMILES string of the molecule is CCOc1ccc(CNCc2ccco2)cc1OCC.[Cl-]. The fraction of sp³-hybridized carbons (Fsp3) is 0.375. The van der Waals surface area contributed by atoms with E-state index in [2.05, 4.69) is 5.32 Å². The van der Waals surface area contributed by atoms with Crippen molar-refractivity contribution in [1.82, 2.24) is 5.32 Å². The molecule has 4 nitrogen and oxygen atoms in total. The van der Waals surface area contributed by atoms with Gasteiger partial charge in [0, 0.05) is 6.54 Å². The molecule has 1 aromatic carbocycles. The number of furan rings is 1. The van der Waals surface area contributed by atoms with E-state index < -0.39 is 0 Å². The van der Waals surface area contributed by atoms with Crippen molar-refractivity contribution in [2.75, 3.05) is 13.2 Å². The number of hydrogen-bond donors (Lipinski definition) is 1. The van der Waals surface area contributed by atoms with Crippen LogP contribution in [0.25, 0.3) is 0 Å². The Hall–Kier alpha value is -1.65. The number of benzene rings is 1. The average Bonchev–Trinajstić information content (AvgIpc) is 2.95. The molecule has 5 heteroatoms. The Morgan fingerprint density at radius 1 is 1.00 bits per heavy atom. The van der Waals surface area contributed by atoms with Crippen LogP contribution in [0.3, 0.4) is 0 Å². The van der Waals surface area contributed by atoms with E-state index in [1.54, 1.807) is 6.26 Å². The molecule has 0 saturated heterocycles. The molecule has 0 aliphatic heterocycles. The van der Waals surface area contributed by atoms with E-state index in [1.807, 2.05) is 44.2 Å². The lowest BCUT2D eigenvalue weighted by molar-refractivity contribution is -0.00000564. The van der Waals surface area contributed by atoms with Gasteiger partial charge in [0.2, 0.25) is 0 Å². The van der Waals surface area contributed by atoms with Gasteiger partial charge in [-0.15, -0.1) is 0 Å². The van der Waals surface area contributed by atoms with Crippen LogP contribution >= 0.6 is 0 Å². The number of hydrogen-bond acceptors (Lipinski definition) is 4. The summed E-state index contributed by atoms with van der Waals surface area (Å²) in [5, 5.41) is 3.33. The zero-order chi connectivity index (χ0) is 14.2. The maximum absolute atomic E-state index is 5.61. The zero-order valence-corrected chi connectivity index (χ0v) is 13.2. The molecule has 2 rings (SSSR count). The molecule has 0 spiro atoms. The Balaban J connectivity index is 0.00000220. The quantitative estimate of drug-likeness (QED) is 0.765. The van der Waals surface area contributed by atoms with E-state index in [4.69, 9.17) is 13.9 Å². The fourth-order valence-corrected chi connectivity index (χ4v) is 1.95. The summed E-state index contributed by atoms with van der Waals surface area (Å²) in [5.41, 5.74) is 1.16. The summed E-state index contributed by atoms with van der Waals surface area (Å²) in [4.78, 5) is 0. The maximum atomic E-state index is 5.61. The first-order valence-corrected chi connectivity index (χ1v) is 6.95. The van der Waals surface area contributed by atoms with Crippen molar-refractivity contribution in [3.63, 3.8) is 0 Å². The summed E-state index contributed by atoms with van der Waals surface area (Å²) in [7, 11) is 0. The minimum Gasteiger partial charge on any atom is -1.00 e. The third-order valence-electron chi connectivity index (χ3n) is 2.82. The van der Waals surface area contributed by atoms with Crippen molar-refractivity contribution in [1.29, 1.82) is 0 Å². The van der Waals surface area contributed by atoms with Crippen molar-refractivity contribution in [2.45, 2.75) is 26.9 Å². The first-order valence-electron chi connectivity index (χ1n) is 6.95. The Morgan fingerprint density at radius 2 is 1.76 bits per heavy atom. The highest BCUT2D eigenvalue weighted by Crippen LogP contribution is 2.28. The van der Waals surface area contributed by atoms with Crippen LogP contribution in [0.15, 0.2) is 41.0 Å². The largest absolute Gasteiger partial charge is 1.00 e. The molecule has 21 heavy (non-hydrogen) atoms. The standard InChI is InChI=1S/C16H21NO3.ClH/c1-3-18-15-8-7-13(10-16(15)19-4-2)11-17-12-14-6-5-9-20-14;/h5-10,17H,3-4,11-12H2,1-2H3;1H/p-1. The molecule has 1 aromatic heterocycles. The van der Waals surface area contributed by atoms with Gasteiger partial charge >= 0.3 is 0 Å². The Labute approximate surface area is 131 Å². The summed E-state index contributed by atoms with van der Waals surface area (Å²) >= 11 is 0. The molecule has 0 aliphatic carbocycles. The smallest absolute Gasteiger partial charge is 0.161 e. The highest BCUT2D eigenvalue weighted by molar-refractivity contribution is 5.43. The van der Waals surface area contributed by atoms with Crippen molar-refractivity contribution >= 4 is 0 Å². The maximum Gasteiger partial charge on any atom is 0.161 e. The van der Waals surface area contributed by atoms with Gasteiger partial charge in [-0.3, -0.25) is 0 Å². The zero-order valence-electron chi connectivity index (χ0n) is 12.4. The van der Waals surface area contributed by atoms with Crippen LogP contribution < -0.4 is 27.2 Å². The van der Waals surface area contributed by atoms with Gasteiger partial charge in [0.25, 0.3) is 0 Å². The number of nitrogens with one attached hydrogen (secondary N) is 1. The number of halogens is 1. The van der Waals surface area contributed by atoms with Gasteiger partial charge in [0.1, 0.15) is 5.76 Å². The highest BCUT2D eigenvalue weighted by atomic mass is 35.5. The molecule has 0 amide bonds. The summed E-state index contributed by atoms with van der Waals surface area (Å²) in [6.07, 6.45) is 1.68. The van der Waals surface area contributed by atoms with Gasteiger partial charge in [0.05, 0.1) is 26.0 Å². The molecule has 0 saturated carbocycles. The molecule has 0 bridgehead atoms. The van der Waals surface area contributed by atoms with Crippen molar-refractivity contribution < 1.29 is 26.3 Å². The monoisotopic (exact) mass is 310 g/mol. The lowest BCUT2D eigenvalue weighted by Gasteiger charge is -2.12. The summed E-state index contributed by atoms with van der Waals surface area (Å²) < 4.78 is 16.4. The van der Waals surface area contributed by atoms with E-state index >= 15 is 0 Å². The molecule has 116 valence electrons. The third kappa shape index (κ3) is 5.33. The van der Waals surface area contributed by atoms with Crippen molar-refractivity contribution in [3.8, 4) is 11.5 Å². The molecule has 1 heterocycles. The summed E-state index contributed by atoms with van der Waals surface area (Å²) in [6, 6.07) is 9.86. The normalized spacial score (nSPS) is 10.0. The van der Waals surface area contributed by atoms with Crippen LogP contribution in [0.1, 0.15) is 25.2 Å². The Morgan fingerprint density at radius 3 is 2.43 bits per heavy atom. The van der Waals surface area contributed by atoms with Gasteiger partial charge in [-0.05, 0) is 43.7 Å². The van der Waals surface area contributed by atoms with E-state index in [9.17, 15) is 0 Å². The first-order chi connectivity index (χ1) is 9.83. The average molecular weight is 311 g/mol. The van der Waals surface area contributed by atoms with Crippen LogP contribution in [-0.2, 0) is 13.1 Å². The Bertz CT molecular complexity index is 514. The van der Waals surface area contributed by atoms with E-state index in [0.29, 0.717) is 19.8 Å².